The number of carbonyl (C=O) groups is 2. The van der Waals surface area contributed by atoms with Gasteiger partial charge in [-0.05, 0) is 36.6 Å². The van der Waals surface area contributed by atoms with Crippen molar-refractivity contribution in [2.75, 3.05) is 11.1 Å². The smallest absolute Gasteiger partial charge is 0.294 e. The monoisotopic (exact) mass is 359 g/mol. The van der Waals surface area contributed by atoms with Gasteiger partial charge in [0, 0.05) is 24.3 Å². The molecule has 6 nitrogen and oxygen atoms in total. The van der Waals surface area contributed by atoms with Crippen LogP contribution in [0.5, 0.6) is 0 Å². The van der Waals surface area contributed by atoms with E-state index in [1.165, 1.54) is 31.2 Å². The predicted molar refractivity (Wildman–Crippen MR) is 91.0 cm³/mol. The van der Waals surface area contributed by atoms with E-state index >= 15 is 0 Å². The number of amides is 1. The zero-order valence-electron chi connectivity index (χ0n) is 13.3. The summed E-state index contributed by atoms with van der Waals surface area (Å²) in [5, 5.41) is 2.67. The van der Waals surface area contributed by atoms with Crippen LogP contribution >= 0.6 is 11.8 Å². The molecular weight excluding hydrogens is 338 g/mol. The first kappa shape index (κ1) is 19.7. The zero-order chi connectivity index (χ0) is 17.6. The normalized spacial score (nSPS) is 12.9. The molecule has 1 aromatic rings. The van der Waals surface area contributed by atoms with Crippen molar-refractivity contribution in [3.05, 3.63) is 24.3 Å². The number of hydrogen-bond donors (Lipinski definition) is 2. The summed E-state index contributed by atoms with van der Waals surface area (Å²) in [6.45, 7) is 5.46. The van der Waals surface area contributed by atoms with Gasteiger partial charge in [-0.2, -0.15) is 8.42 Å². The average molecular weight is 359 g/mol. The Hall–Kier alpha value is -1.38. The van der Waals surface area contributed by atoms with Crippen molar-refractivity contribution in [3.8, 4) is 0 Å². The second kappa shape index (κ2) is 8.47. The van der Waals surface area contributed by atoms with Crippen LogP contribution in [0.1, 0.15) is 27.2 Å². The van der Waals surface area contributed by atoms with Gasteiger partial charge in [-0.25, -0.2) is 0 Å². The van der Waals surface area contributed by atoms with Crippen LogP contribution in [0.4, 0.5) is 5.69 Å². The zero-order valence-corrected chi connectivity index (χ0v) is 14.9. The molecule has 2 N–H and O–H groups in total. The Morgan fingerprint density at radius 2 is 1.78 bits per heavy atom. The van der Waals surface area contributed by atoms with Crippen LogP contribution in [0.25, 0.3) is 0 Å². The van der Waals surface area contributed by atoms with Gasteiger partial charge in [0.25, 0.3) is 10.1 Å². The average Bonchev–Trinajstić information content (AvgIpc) is 2.42. The van der Waals surface area contributed by atoms with Gasteiger partial charge in [-0.3, -0.25) is 14.1 Å². The Morgan fingerprint density at radius 3 is 2.22 bits per heavy atom. The van der Waals surface area contributed by atoms with Crippen molar-refractivity contribution in [1.82, 2.24) is 0 Å². The molecule has 0 saturated heterocycles. The summed E-state index contributed by atoms with van der Waals surface area (Å²) in [7, 11) is -4.25. The van der Waals surface area contributed by atoms with Crippen molar-refractivity contribution in [3.63, 3.8) is 0 Å². The highest BCUT2D eigenvalue weighted by atomic mass is 32.2. The molecule has 0 aliphatic carbocycles. The molecule has 1 atom stereocenters. The molecule has 1 rings (SSSR count). The Bertz CT molecular complexity index is 653. The maximum absolute atomic E-state index is 12.3. The minimum absolute atomic E-state index is 0.0379. The number of benzene rings is 1. The summed E-state index contributed by atoms with van der Waals surface area (Å²) in [6, 6.07) is 5.25. The lowest BCUT2D eigenvalue weighted by Gasteiger charge is -2.18. The molecule has 23 heavy (non-hydrogen) atoms. The van der Waals surface area contributed by atoms with E-state index in [0.717, 1.165) is 11.8 Å². The van der Waals surface area contributed by atoms with Crippen LogP contribution in [0, 0.1) is 11.8 Å². The van der Waals surface area contributed by atoms with Gasteiger partial charge >= 0.3 is 0 Å². The second-order valence-electron chi connectivity index (χ2n) is 5.62. The molecule has 1 aromatic carbocycles. The minimum atomic E-state index is -4.25. The van der Waals surface area contributed by atoms with E-state index in [0.29, 0.717) is 23.8 Å². The van der Waals surface area contributed by atoms with E-state index in [1.807, 2.05) is 13.8 Å². The lowest BCUT2D eigenvalue weighted by molar-refractivity contribution is -0.119. The first-order valence-corrected chi connectivity index (χ1v) is 9.54. The molecule has 0 heterocycles. The molecule has 0 aliphatic heterocycles. The predicted octanol–water partition coefficient (Wildman–Crippen LogP) is 2.81. The van der Waals surface area contributed by atoms with Crippen molar-refractivity contribution >= 4 is 38.6 Å². The SMILES string of the molecule is CC(=O)SCC(CC(C)C)C(=O)Nc1ccc(S(=O)(=O)O)cc1. The van der Waals surface area contributed by atoms with Crippen LogP contribution in [-0.4, -0.2) is 29.7 Å². The van der Waals surface area contributed by atoms with Gasteiger partial charge in [-0.1, -0.05) is 25.6 Å². The summed E-state index contributed by atoms with van der Waals surface area (Å²) in [6.07, 6.45) is 0.648. The summed E-state index contributed by atoms with van der Waals surface area (Å²) in [4.78, 5) is 23.2. The van der Waals surface area contributed by atoms with Gasteiger partial charge < -0.3 is 5.32 Å². The van der Waals surface area contributed by atoms with Gasteiger partial charge in [0.05, 0.1) is 4.90 Å². The maximum atomic E-state index is 12.3. The molecule has 0 aliphatic rings. The van der Waals surface area contributed by atoms with E-state index in [-0.39, 0.29) is 21.8 Å². The topological polar surface area (TPSA) is 101 Å². The number of anilines is 1. The first-order valence-electron chi connectivity index (χ1n) is 7.11. The summed E-state index contributed by atoms with van der Waals surface area (Å²) in [5.41, 5.74) is 0.434. The lowest BCUT2D eigenvalue weighted by Crippen LogP contribution is -2.26. The van der Waals surface area contributed by atoms with Crippen molar-refractivity contribution in [2.24, 2.45) is 11.8 Å². The highest BCUT2D eigenvalue weighted by Crippen LogP contribution is 2.21. The van der Waals surface area contributed by atoms with Gasteiger partial charge in [0.15, 0.2) is 5.12 Å². The van der Waals surface area contributed by atoms with E-state index in [9.17, 15) is 18.0 Å². The summed E-state index contributed by atoms with van der Waals surface area (Å²) in [5.74, 6) is 0.181. The fourth-order valence-corrected chi connectivity index (χ4v) is 3.20. The number of carbonyl (C=O) groups excluding carboxylic acids is 2. The Labute approximate surface area is 140 Å². The minimum Gasteiger partial charge on any atom is -0.326 e. The van der Waals surface area contributed by atoms with E-state index in [4.69, 9.17) is 4.55 Å². The highest BCUT2D eigenvalue weighted by Gasteiger charge is 2.21. The van der Waals surface area contributed by atoms with Crippen LogP contribution in [-0.2, 0) is 19.7 Å². The summed E-state index contributed by atoms with van der Waals surface area (Å²) >= 11 is 1.11. The lowest BCUT2D eigenvalue weighted by atomic mass is 9.98. The van der Waals surface area contributed by atoms with Crippen LogP contribution in [0.2, 0.25) is 0 Å². The highest BCUT2D eigenvalue weighted by molar-refractivity contribution is 8.13. The molecule has 0 spiro atoms. The number of thioether (sulfide) groups is 1. The fraction of sp³-hybridized carbons (Fsp3) is 0.467. The van der Waals surface area contributed by atoms with Crippen molar-refractivity contribution < 1.29 is 22.6 Å². The quantitative estimate of drug-likeness (QED) is 0.726. The van der Waals surface area contributed by atoms with E-state index < -0.39 is 10.1 Å². The van der Waals surface area contributed by atoms with Gasteiger partial charge in [0.2, 0.25) is 5.91 Å². The molecule has 1 amide bonds. The first-order chi connectivity index (χ1) is 10.6. The third kappa shape index (κ3) is 7.15. The van der Waals surface area contributed by atoms with Crippen LogP contribution in [0.3, 0.4) is 0 Å². The van der Waals surface area contributed by atoms with Crippen molar-refractivity contribution in [1.29, 1.82) is 0 Å². The number of nitrogens with one attached hydrogen (secondary N) is 1. The molecule has 0 saturated carbocycles. The largest absolute Gasteiger partial charge is 0.326 e. The van der Waals surface area contributed by atoms with E-state index in [2.05, 4.69) is 5.32 Å². The van der Waals surface area contributed by atoms with Crippen LogP contribution in [0.15, 0.2) is 29.2 Å². The summed E-state index contributed by atoms with van der Waals surface area (Å²) < 4.78 is 30.9. The molecule has 0 radical (unpaired) electrons. The van der Waals surface area contributed by atoms with Crippen molar-refractivity contribution in [2.45, 2.75) is 32.1 Å². The molecule has 0 fully saturated rings. The number of hydrogen-bond acceptors (Lipinski definition) is 5. The fourth-order valence-electron chi connectivity index (χ4n) is 1.99. The van der Waals surface area contributed by atoms with Gasteiger partial charge in [0.1, 0.15) is 0 Å². The molecule has 128 valence electrons. The third-order valence-electron chi connectivity index (χ3n) is 3.03. The second-order valence-corrected chi connectivity index (χ2v) is 8.24. The molecular formula is C15H21NO5S2. The standard InChI is InChI=1S/C15H21NO5S2/c1-10(2)8-12(9-22-11(3)17)15(18)16-13-4-6-14(7-5-13)23(19,20)21/h4-7,10,12H,8-9H2,1-3H3,(H,16,18)(H,19,20,21). The Balaban J connectivity index is 2.78. The molecule has 1 unspecified atom stereocenters. The number of rotatable bonds is 7. The third-order valence-corrected chi connectivity index (χ3v) is 4.88. The van der Waals surface area contributed by atoms with Crippen LogP contribution < -0.4 is 5.32 Å². The Morgan fingerprint density at radius 1 is 1.22 bits per heavy atom. The van der Waals surface area contributed by atoms with E-state index in [1.54, 1.807) is 0 Å². The Kier molecular flexibility index (Phi) is 7.24. The molecule has 0 aromatic heterocycles. The molecule has 8 heteroatoms. The maximum Gasteiger partial charge on any atom is 0.294 e. The molecule has 0 bridgehead atoms. The van der Waals surface area contributed by atoms with Gasteiger partial charge in [-0.15, -0.1) is 0 Å².